The van der Waals surface area contributed by atoms with Gasteiger partial charge < -0.3 is 14.8 Å². The summed E-state index contributed by atoms with van der Waals surface area (Å²) in [6.07, 6.45) is 2.10. The third-order valence-corrected chi connectivity index (χ3v) is 3.83. The van der Waals surface area contributed by atoms with Crippen molar-refractivity contribution in [3.8, 4) is 0 Å². The normalized spacial score (nSPS) is 12.6. The second kappa shape index (κ2) is 9.93. The molecule has 0 amide bonds. The molecule has 0 radical (unpaired) electrons. The SMILES string of the molecule is CCNC(CCOCCOC)Cc1c(C)cc(C)cc1C. The van der Waals surface area contributed by atoms with E-state index in [2.05, 4.69) is 45.1 Å². The van der Waals surface area contributed by atoms with Crippen molar-refractivity contribution in [3.05, 3.63) is 34.4 Å². The van der Waals surface area contributed by atoms with Gasteiger partial charge in [0.1, 0.15) is 0 Å². The molecule has 21 heavy (non-hydrogen) atoms. The lowest BCUT2D eigenvalue weighted by molar-refractivity contribution is 0.0658. The van der Waals surface area contributed by atoms with Gasteiger partial charge in [-0.05, 0) is 56.8 Å². The Morgan fingerprint density at radius 2 is 1.71 bits per heavy atom. The number of aryl methyl sites for hydroxylation is 3. The summed E-state index contributed by atoms with van der Waals surface area (Å²) in [6.45, 7) is 11.9. The second-order valence-electron chi connectivity index (χ2n) is 5.73. The van der Waals surface area contributed by atoms with E-state index in [1.54, 1.807) is 7.11 Å². The molecule has 0 aliphatic heterocycles. The van der Waals surface area contributed by atoms with Gasteiger partial charge in [0.15, 0.2) is 0 Å². The van der Waals surface area contributed by atoms with Crippen LogP contribution in [0.5, 0.6) is 0 Å². The summed E-state index contributed by atoms with van der Waals surface area (Å²) in [6, 6.07) is 5.03. The van der Waals surface area contributed by atoms with Gasteiger partial charge in [-0.1, -0.05) is 24.6 Å². The van der Waals surface area contributed by atoms with Gasteiger partial charge in [-0.3, -0.25) is 0 Å². The summed E-state index contributed by atoms with van der Waals surface area (Å²) in [5, 5.41) is 3.58. The van der Waals surface area contributed by atoms with Crippen LogP contribution in [0, 0.1) is 20.8 Å². The third-order valence-electron chi connectivity index (χ3n) is 3.83. The lowest BCUT2D eigenvalue weighted by atomic mass is 9.93. The van der Waals surface area contributed by atoms with E-state index in [1.165, 1.54) is 22.3 Å². The number of hydrogen-bond donors (Lipinski definition) is 1. The lowest BCUT2D eigenvalue weighted by Crippen LogP contribution is -2.32. The maximum atomic E-state index is 5.60. The van der Waals surface area contributed by atoms with E-state index >= 15 is 0 Å². The molecular weight excluding hydrogens is 262 g/mol. The summed E-state index contributed by atoms with van der Waals surface area (Å²) in [5.41, 5.74) is 5.62. The van der Waals surface area contributed by atoms with E-state index in [0.29, 0.717) is 19.3 Å². The third kappa shape index (κ3) is 6.60. The van der Waals surface area contributed by atoms with Crippen molar-refractivity contribution >= 4 is 0 Å². The first-order valence-electron chi connectivity index (χ1n) is 7.95. The van der Waals surface area contributed by atoms with Crippen LogP contribution >= 0.6 is 0 Å². The van der Waals surface area contributed by atoms with E-state index < -0.39 is 0 Å². The van der Waals surface area contributed by atoms with Gasteiger partial charge in [-0.25, -0.2) is 0 Å². The van der Waals surface area contributed by atoms with Crippen LogP contribution < -0.4 is 5.32 Å². The van der Waals surface area contributed by atoms with Crippen molar-refractivity contribution in [1.82, 2.24) is 5.32 Å². The standard InChI is InChI=1S/C18H31NO2/c1-6-19-17(7-8-21-10-9-20-5)13-18-15(3)11-14(2)12-16(18)4/h11-12,17,19H,6-10,13H2,1-5H3. The highest BCUT2D eigenvalue weighted by Gasteiger charge is 2.12. The molecule has 0 fully saturated rings. The van der Waals surface area contributed by atoms with Gasteiger partial charge in [0.05, 0.1) is 13.2 Å². The predicted octanol–water partition coefficient (Wildman–Crippen LogP) is 3.19. The van der Waals surface area contributed by atoms with Crippen LogP contribution in [0.1, 0.15) is 35.6 Å². The van der Waals surface area contributed by atoms with E-state index in [1.807, 2.05) is 0 Å². The molecule has 0 spiro atoms. The minimum Gasteiger partial charge on any atom is -0.382 e. The molecule has 0 saturated heterocycles. The van der Waals surface area contributed by atoms with Crippen molar-refractivity contribution in [2.45, 2.75) is 46.6 Å². The molecule has 120 valence electrons. The predicted molar refractivity (Wildman–Crippen MR) is 89.1 cm³/mol. The van der Waals surface area contributed by atoms with Crippen molar-refractivity contribution in [2.24, 2.45) is 0 Å². The van der Waals surface area contributed by atoms with Crippen LogP contribution in [0.4, 0.5) is 0 Å². The van der Waals surface area contributed by atoms with Crippen LogP contribution in [-0.4, -0.2) is 39.5 Å². The Bertz CT molecular complexity index is 395. The topological polar surface area (TPSA) is 30.5 Å². The molecule has 1 aromatic rings. The number of nitrogens with one attached hydrogen (secondary N) is 1. The molecule has 0 saturated carbocycles. The fourth-order valence-electron chi connectivity index (χ4n) is 2.81. The molecule has 3 heteroatoms. The number of benzene rings is 1. The van der Waals surface area contributed by atoms with Crippen molar-refractivity contribution in [3.63, 3.8) is 0 Å². The van der Waals surface area contributed by atoms with Crippen LogP contribution in [0.25, 0.3) is 0 Å². The first-order chi connectivity index (χ1) is 10.1. The Kier molecular flexibility index (Phi) is 8.58. The van der Waals surface area contributed by atoms with Gasteiger partial charge in [0.2, 0.25) is 0 Å². The van der Waals surface area contributed by atoms with Crippen molar-refractivity contribution in [1.29, 1.82) is 0 Å². The Hall–Kier alpha value is -0.900. The monoisotopic (exact) mass is 293 g/mol. The average Bonchev–Trinajstić information content (AvgIpc) is 2.42. The van der Waals surface area contributed by atoms with Crippen LogP contribution in [-0.2, 0) is 15.9 Å². The lowest BCUT2D eigenvalue weighted by Gasteiger charge is -2.21. The molecule has 1 rings (SSSR count). The number of rotatable bonds is 10. The molecule has 0 aromatic heterocycles. The number of likely N-dealkylation sites (N-methyl/N-ethyl adjacent to an activating group) is 1. The smallest absolute Gasteiger partial charge is 0.0700 e. The zero-order valence-electron chi connectivity index (χ0n) is 14.3. The highest BCUT2D eigenvalue weighted by atomic mass is 16.5. The maximum Gasteiger partial charge on any atom is 0.0700 e. The number of methoxy groups -OCH3 is 1. The molecule has 1 aromatic carbocycles. The Labute approximate surface area is 130 Å². The zero-order chi connectivity index (χ0) is 15.7. The first-order valence-corrected chi connectivity index (χ1v) is 7.95. The number of ether oxygens (including phenoxy) is 2. The Balaban J connectivity index is 2.57. The summed E-state index contributed by atoms with van der Waals surface area (Å²) in [7, 11) is 1.70. The first kappa shape index (κ1) is 18.1. The van der Waals surface area contributed by atoms with Gasteiger partial charge in [-0.15, -0.1) is 0 Å². The molecule has 1 atom stereocenters. The summed E-state index contributed by atoms with van der Waals surface area (Å²) in [4.78, 5) is 0. The minimum atomic E-state index is 0.470. The van der Waals surface area contributed by atoms with Crippen molar-refractivity contribution < 1.29 is 9.47 Å². The fraction of sp³-hybridized carbons (Fsp3) is 0.667. The minimum absolute atomic E-state index is 0.470. The van der Waals surface area contributed by atoms with Gasteiger partial charge in [0.25, 0.3) is 0 Å². The molecule has 1 unspecified atom stereocenters. The average molecular weight is 293 g/mol. The largest absolute Gasteiger partial charge is 0.382 e. The molecule has 0 heterocycles. The van der Waals surface area contributed by atoms with Crippen LogP contribution in [0.3, 0.4) is 0 Å². The quantitative estimate of drug-likeness (QED) is 0.672. The summed E-state index contributed by atoms with van der Waals surface area (Å²) < 4.78 is 10.6. The Morgan fingerprint density at radius 3 is 2.29 bits per heavy atom. The molecule has 1 N–H and O–H groups in total. The van der Waals surface area contributed by atoms with Crippen LogP contribution in [0.15, 0.2) is 12.1 Å². The second-order valence-corrected chi connectivity index (χ2v) is 5.73. The van der Waals surface area contributed by atoms with Gasteiger partial charge in [-0.2, -0.15) is 0 Å². The molecule has 0 aliphatic rings. The van der Waals surface area contributed by atoms with E-state index in [0.717, 1.165) is 26.0 Å². The highest BCUT2D eigenvalue weighted by Crippen LogP contribution is 2.19. The molecule has 3 nitrogen and oxygen atoms in total. The van der Waals surface area contributed by atoms with E-state index in [-0.39, 0.29) is 0 Å². The van der Waals surface area contributed by atoms with Crippen molar-refractivity contribution in [2.75, 3.05) is 33.5 Å². The summed E-state index contributed by atoms with van der Waals surface area (Å²) >= 11 is 0. The zero-order valence-corrected chi connectivity index (χ0v) is 14.3. The van der Waals surface area contributed by atoms with E-state index in [9.17, 15) is 0 Å². The molecule has 0 bridgehead atoms. The van der Waals surface area contributed by atoms with Gasteiger partial charge in [0, 0.05) is 19.8 Å². The highest BCUT2D eigenvalue weighted by molar-refractivity contribution is 5.38. The van der Waals surface area contributed by atoms with E-state index in [4.69, 9.17) is 9.47 Å². The van der Waals surface area contributed by atoms with Gasteiger partial charge >= 0.3 is 0 Å². The Morgan fingerprint density at radius 1 is 1.05 bits per heavy atom. The summed E-state index contributed by atoms with van der Waals surface area (Å²) in [5.74, 6) is 0. The molecule has 0 aliphatic carbocycles. The fourth-order valence-corrected chi connectivity index (χ4v) is 2.81. The van der Waals surface area contributed by atoms with Crippen LogP contribution in [0.2, 0.25) is 0 Å². The molecular formula is C18H31NO2. The number of hydrogen-bond acceptors (Lipinski definition) is 3. The maximum absolute atomic E-state index is 5.60.